The summed E-state index contributed by atoms with van der Waals surface area (Å²) in [6, 6.07) is 11.9. The van der Waals surface area contributed by atoms with Crippen LogP contribution in [0.25, 0.3) is 0 Å². The Morgan fingerprint density at radius 2 is 1.69 bits per heavy atom. The smallest absolute Gasteiger partial charge is 0.315 e. The first-order chi connectivity index (χ1) is 15.0. The average Bonchev–Trinajstić information content (AvgIpc) is 2.73. The molecule has 0 bridgehead atoms. The molecule has 9 heteroatoms. The van der Waals surface area contributed by atoms with Crippen molar-refractivity contribution in [1.82, 2.24) is 0 Å². The molecule has 8 nitrogen and oxygen atoms in total. The second-order valence-corrected chi connectivity index (χ2v) is 8.41. The maximum atomic E-state index is 13.2. The number of hydrogen-bond donors (Lipinski definition) is 2. The lowest BCUT2D eigenvalue weighted by Crippen LogP contribution is -2.40. The Kier molecular flexibility index (Phi) is 7.93. The van der Waals surface area contributed by atoms with E-state index in [1.165, 1.54) is 31.3 Å². The minimum Gasteiger partial charge on any atom is -0.494 e. The van der Waals surface area contributed by atoms with Crippen molar-refractivity contribution in [3.05, 3.63) is 53.6 Å². The number of ether oxygens (including phenoxy) is 2. The van der Waals surface area contributed by atoms with E-state index >= 15 is 0 Å². The summed E-state index contributed by atoms with van der Waals surface area (Å²) in [6.07, 6.45) is -0.441. The Morgan fingerprint density at radius 1 is 1.06 bits per heavy atom. The van der Waals surface area contributed by atoms with Crippen LogP contribution in [-0.2, 0) is 19.7 Å². The molecule has 170 valence electrons. The minimum atomic E-state index is -0.666. The van der Waals surface area contributed by atoms with Gasteiger partial charge in [0, 0.05) is 11.6 Å². The fourth-order valence-electron chi connectivity index (χ4n) is 2.91. The van der Waals surface area contributed by atoms with Crippen molar-refractivity contribution in [3.63, 3.8) is 0 Å². The second kappa shape index (κ2) is 10.2. The lowest BCUT2D eigenvalue weighted by atomic mass is 9.86. The van der Waals surface area contributed by atoms with Crippen LogP contribution in [0, 0.1) is 0 Å². The summed E-state index contributed by atoms with van der Waals surface area (Å²) in [5.74, 6) is -1.37. The van der Waals surface area contributed by atoms with Gasteiger partial charge in [0.15, 0.2) is 5.11 Å². The Bertz CT molecular complexity index is 1030. The van der Waals surface area contributed by atoms with Gasteiger partial charge in [-0.2, -0.15) is 0 Å². The first kappa shape index (κ1) is 24.8. The number of thiocarbonyl (C=S) groups is 1. The lowest BCUT2D eigenvalue weighted by Gasteiger charge is -2.23. The van der Waals surface area contributed by atoms with Crippen molar-refractivity contribution in [2.45, 2.75) is 32.6 Å². The van der Waals surface area contributed by atoms with Gasteiger partial charge in [0.1, 0.15) is 12.2 Å². The van der Waals surface area contributed by atoms with E-state index < -0.39 is 24.2 Å². The third-order valence-corrected chi connectivity index (χ3v) is 4.85. The zero-order valence-electron chi connectivity index (χ0n) is 18.7. The molecule has 0 radical (unpaired) electrons. The predicted molar refractivity (Wildman–Crippen MR) is 127 cm³/mol. The van der Waals surface area contributed by atoms with E-state index in [4.69, 9.17) is 22.7 Å². The third kappa shape index (κ3) is 6.04. The van der Waals surface area contributed by atoms with Crippen LogP contribution < -0.4 is 20.7 Å². The van der Waals surface area contributed by atoms with Gasteiger partial charge < -0.3 is 20.5 Å². The largest absolute Gasteiger partial charge is 0.494 e. The molecule has 0 saturated carbocycles. The molecule has 0 aliphatic carbocycles. The van der Waals surface area contributed by atoms with Crippen molar-refractivity contribution in [2.24, 2.45) is 5.73 Å². The Hall–Kier alpha value is -3.46. The summed E-state index contributed by atoms with van der Waals surface area (Å²) in [6.45, 7) is 6.26. The normalized spacial score (nSPS) is 10.8. The highest BCUT2D eigenvalue weighted by Gasteiger charge is 2.23. The molecule has 0 saturated heterocycles. The Balaban J connectivity index is 2.33. The molecule has 0 spiro atoms. The number of hydrogen-bond acceptors (Lipinski definition) is 6. The third-order valence-electron chi connectivity index (χ3n) is 4.67. The van der Waals surface area contributed by atoms with E-state index in [-0.39, 0.29) is 16.3 Å². The number of methoxy groups -OCH3 is 2. The van der Waals surface area contributed by atoms with Gasteiger partial charge in [-0.3, -0.25) is 19.3 Å². The second-order valence-electron chi connectivity index (χ2n) is 7.99. The number of carbonyl (C=O) groups is 3. The monoisotopic (exact) mass is 457 g/mol. The molecule has 0 unspecified atom stereocenters. The molecule has 0 aliphatic rings. The first-order valence-electron chi connectivity index (χ1n) is 9.77. The highest BCUT2D eigenvalue weighted by Crippen LogP contribution is 2.31. The van der Waals surface area contributed by atoms with Crippen molar-refractivity contribution >= 4 is 46.5 Å². The first-order valence-corrected chi connectivity index (χ1v) is 10.2. The van der Waals surface area contributed by atoms with Gasteiger partial charge in [0.05, 0.1) is 25.6 Å². The summed E-state index contributed by atoms with van der Waals surface area (Å²) < 4.78 is 9.82. The molecule has 0 aromatic heterocycles. The number of esters is 1. The molecule has 0 fully saturated rings. The highest BCUT2D eigenvalue weighted by atomic mass is 32.1. The van der Waals surface area contributed by atoms with Crippen LogP contribution in [0.5, 0.6) is 5.75 Å². The van der Waals surface area contributed by atoms with E-state index in [0.717, 1.165) is 5.56 Å². The van der Waals surface area contributed by atoms with Crippen LogP contribution in [-0.4, -0.2) is 37.1 Å². The summed E-state index contributed by atoms with van der Waals surface area (Å²) in [5.41, 5.74) is 8.00. The van der Waals surface area contributed by atoms with Gasteiger partial charge in [-0.25, -0.2) is 0 Å². The van der Waals surface area contributed by atoms with Crippen LogP contribution in [0.15, 0.2) is 42.5 Å². The Morgan fingerprint density at radius 3 is 2.19 bits per heavy atom. The van der Waals surface area contributed by atoms with Gasteiger partial charge in [0.2, 0.25) is 5.91 Å². The zero-order chi connectivity index (χ0) is 24.1. The summed E-state index contributed by atoms with van der Waals surface area (Å²) >= 11 is 5.12. The van der Waals surface area contributed by atoms with Crippen LogP contribution in [0.4, 0.5) is 11.4 Å². The van der Waals surface area contributed by atoms with Crippen molar-refractivity contribution in [1.29, 1.82) is 0 Å². The fourth-order valence-corrected chi connectivity index (χ4v) is 3.09. The number of nitrogens with one attached hydrogen (secondary N) is 1. The maximum Gasteiger partial charge on any atom is 0.315 e. The zero-order valence-corrected chi connectivity index (χ0v) is 19.5. The topological polar surface area (TPSA) is 111 Å². The highest BCUT2D eigenvalue weighted by molar-refractivity contribution is 7.80. The van der Waals surface area contributed by atoms with Crippen LogP contribution in [0.2, 0.25) is 0 Å². The molecular formula is C23H27N3O5S. The molecule has 0 atom stereocenters. The van der Waals surface area contributed by atoms with E-state index in [2.05, 4.69) is 30.8 Å². The predicted octanol–water partition coefficient (Wildman–Crippen LogP) is 3.38. The SMILES string of the molecule is COC(=O)CC(=O)Nc1ccc(N(C(=O)c2ccc(C(C)(C)C)cc2)C(N)=S)cc1OC. The molecule has 3 N–H and O–H groups in total. The van der Waals surface area contributed by atoms with Gasteiger partial charge in [-0.15, -0.1) is 0 Å². The standard InChI is InChI=1S/C23H27N3O5S/c1-23(2,3)15-8-6-14(7-9-15)21(29)26(22(24)32)16-10-11-17(18(12-16)30-4)25-19(27)13-20(28)31-5/h6-12H,13H2,1-5H3,(H2,24,32)(H,25,27). The van der Waals surface area contributed by atoms with E-state index in [9.17, 15) is 14.4 Å². The quantitative estimate of drug-likeness (QED) is 0.389. The van der Waals surface area contributed by atoms with Crippen LogP contribution in [0.1, 0.15) is 43.1 Å². The summed E-state index contributed by atoms with van der Waals surface area (Å²) in [5, 5.41) is 2.43. The number of nitrogens with two attached hydrogens (primary N) is 1. The molecule has 2 aromatic carbocycles. The molecule has 0 aliphatic heterocycles. The lowest BCUT2D eigenvalue weighted by molar-refractivity contribution is -0.142. The number of anilines is 2. The molecular weight excluding hydrogens is 430 g/mol. The van der Waals surface area contributed by atoms with Gasteiger partial charge >= 0.3 is 5.97 Å². The van der Waals surface area contributed by atoms with Gasteiger partial charge in [-0.1, -0.05) is 32.9 Å². The average molecular weight is 458 g/mol. The van der Waals surface area contributed by atoms with Gasteiger partial charge in [0.25, 0.3) is 5.91 Å². The van der Waals surface area contributed by atoms with Gasteiger partial charge in [-0.05, 0) is 47.5 Å². The minimum absolute atomic E-state index is 0.0497. The Labute approximate surface area is 192 Å². The number of rotatable bonds is 6. The van der Waals surface area contributed by atoms with Crippen molar-refractivity contribution in [3.8, 4) is 5.75 Å². The van der Waals surface area contributed by atoms with E-state index in [1.54, 1.807) is 18.2 Å². The van der Waals surface area contributed by atoms with Crippen LogP contribution in [0.3, 0.4) is 0 Å². The number of carbonyl (C=O) groups excluding carboxylic acids is 3. The molecule has 2 amide bonds. The van der Waals surface area contributed by atoms with Crippen molar-refractivity contribution < 1.29 is 23.9 Å². The van der Waals surface area contributed by atoms with E-state index in [1.807, 2.05) is 12.1 Å². The van der Waals surface area contributed by atoms with E-state index in [0.29, 0.717) is 16.9 Å². The summed E-state index contributed by atoms with van der Waals surface area (Å²) in [4.78, 5) is 37.6. The number of nitrogens with zero attached hydrogens (tertiary/aromatic N) is 1. The number of benzene rings is 2. The van der Waals surface area contributed by atoms with Crippen LogP contribution >= 0.6 is 12.2 Å². The molecule has 0 heterocycles. The summed E-state index contributed by atoms with van der Waals surface area (Å²) in [7, 11) is 2.61. The molecule has 2 aromatic rings. The van der Waals surface area contributed by atoms with Crippen molar-refractivity contribution in [2.75, 3.05) is 24.4 Å². The molecule has 2 rings (SSSR count). The maximum absolute atomic E-state index is 13.2. The number of amides is 2. The fraction of sp³-hybridized carbons (Fsp3) is 0.304. The molecule has 32 heavy (non-hydrogen) atoms.